The third kappa shape index (κ3) is 2.55. The quantitative estimate of drug-likeness (QED) is 0.471. The predicted octanol–water partition coefficient (Wildman–Crippen LogP) is 0.145. The summed E-state index contributed by atoms with van der Waals surface area (Å²) in [5.74, 6) is -0.333. The molecule has 0 bridgehead atoms. The second-order valence-corrected chi connectivity index (χ2v) is 1.97. The molecular formula is C3H5IN2O. The summed E-state index contributed by atoms with van der Waals surface area (Å²) in [7, 11) is 1.50. The minimum Gasteiger partial charge on any atom is -0.353 e. The van der Waals surface area contributed by atoms with Crippen molar-refractivity contribution < 1.29 is 4.79 Å². The van der Waals surface area contributed by atoms with E-state index < -0.39 is 0 Å². The first kappa shape index (κ1) is 6.87. The van der Waals surface area contributed by atoms with Crippen LogP contribution in [0.5, 0.6) is 0 Å². The van der Waals surface area contributed by atoms with E-state index in [0.29, 0.717) is 0 Å². The topological polar surface area (TPSA) is 53.0 Å². The molecule has 3 nitrogen and oxygen atoms in total. The molecule has 0 atom stereocenters. The first-order valence-corrected chi connectivity index (χ1v) is 2.72. The first-order chi connectivity index (χ1) is 3.18. The fourth-order valence-corrected chi connectivity index (χ4v) is 0.379. The summed E-state index contributed by atoms with van der Waals surface area (Å²) in [6, 6.07) is 0. The molecule has 0 heterocycles. The number of rotatable bonds is 1. The van der Waals surface area contributed by atoms with Crippen LogP contribution in [0.25, 0.3) is 0 Å². The molecule has 7 heavy (non-hydrogen) atoms. The molecule has 0 aliphatic rings. The highest BCUT2D eigenvalue weighted by atomic mass is 127. The van der Waals surface area contributed by atoms with Gasteiger partial charge in [-0.15, -0.1) is 0 Å². The van der Waals surface area contributed by atoms with E-state index in [4.69, 9.17) is 5.41 Å². The lowest BCUT2D eigenvalue weighted by molar-refractivity contribution is -0.114. The molecule has 0 spiro atoms. The number of hydrogen-bond donors (Lipinski definition) is 2. The number of amides is 1. The Morgan fingerprint density at radius 2 is 2.29 bits per heavy atom. The monoisotopic (exact) mass is 212 g/mol. The maximum Gasteiger partial charge on any atom is 0.275 e. The Labute approximate surface area is 55.1 Å². The second kappa shape index (κ2) is 2.95. The van der Waals surface area contributed by atoms with Gasteiger partial charge in [-0.1, -0.05) is 0 Å². The Balaban J connectivity index is 3.58. The molecule has 0 rings (SSSR count). The second-order valence-electron chi connectivity index (χ2n) is 0.893. The average Bonchev–Trinajstić information content (AvgIpc) is 1.65. The van der Waals surface area contributed by atoms with Crippen molar-refractivity contribution in [2.75, 3.05) is 7.05 Å². The maximum atomic E-state index is 10.2. The summed E-state index contributed by atoms with van der Waals surface area (Å²) in [6.07, 6.45) is 0. The van der Waals surface area contributed by atoms with E-state index in [2.05, 4.69) is 5.32 Å². The van der Waals surface area contributed by atoms with Gasteiger partial charge in [0, 0.05) is 7.05 Å². The number of carbonyl (C=O) groups is 1. The van der Waals surface area contributed by atoms with Gasteiger partial charge in [0.1, 0.15) is 0 Å². The predicted molar refractivity (Wildman–Crippen MR) is 35.8 cm³/mol. The van der Waals surface area contributed by atoms with Crippen molar-refractivity contribution in [1.82, 2.24) is 5.32 Å². The Hall–Kier alpha value is -0.130. The first-order valence-electron chi connectivity index (χ1n) is 1.64. The molecule has 0 aromatic carbocycles. The molecule has 0 aromatic rings. The van der Waals surface area contributed by atoms with Gasteiger partial charge in [-0.25, -0.2) is 0 Å². The van der Waals surface area contributed by atoms with E-state index in [-0.39, 0.29) is 9.63 Å². The fraction of sp³-hybridized carbons (Fsp3) is 0.333. The van der Waals surface area contributed by atoms with Gasteiger partial charge < -0.3 is 5.32 Å². The fourth-order valence-electron chi connectivity index (χ4n) is 0.110. The largest absolute Gasteiger partial charge is 0.353 e. The zero-order chi connectivity index (χ0) is 5.86. The minimum absolute atomic E-state index is 0.0140. The standard InChI is InChI=1S/C3H5IN2O/c1-6-3(7)2(4)5/h5H,1H3,(H,6,7). The molecule has 0 saturated heterocycles. The zero-order valence-corrected chi connectivity index (χ0v) is 5.94. The molecular weight excluding hydrogens is 207 g/mol. The molecule has 0 aromatic heterocycles. The Bertz CT molecular complexity index is 101. The van der Waals surface area contributed by atoms with Crippen LogP contribution in [0.3, 0.4) is 0 Å². The molecule has 0 radical (unpaired) electrons. The normalized spacial score (nSPS) is 7.71. The van der Waals surface area contributed by atoms with Gasteiger partial charge in [0.15, 0.2) is 3.72 Å². The van der Waals surface area contributed by atoms with Gasteiger partial charge in [-0.2, -0.15) is 0 Å². The third-order valence-electron chi connectivity index (χ3n) is 0.426. The lowest BCUT2D eigenvalue weighted by Crippen LogP contribution is -2.22. The van der Waals surface area contributed by atoms with Gasteiger partial charge in [-0.05, 0) is 22.6 Å². The van der Waals surface area contributed by atoms with E-state index in [1.165, 1.54) is 7.05 Å². The van der Waals surface area contributed by atoms with E-state index in [1.807, 2.05) is 0 Å². The Kier molecular flexibility index (Phi) is 2.89. The summed E-state index contributed by atoms with van der Waals surface area (Å²) >= 11 is 1.64. The maximum absolute atomic E-state index is 10.2. The van der Waals surface area contributed by atoms with E-state index in [1.54, 1.807) is 22.6 Å². The molecule has 0 aliphatic heterocycles. The van der Waals surface area contributed by atoms with Gasteiger partial charge in [-0.3, -0.25) is 10.2 Å². The summed E-state index contributed by atoms with van der Waals surface area (Å²) in [4.78, 5) is 10.2. The highest BCUT2D eigenvalue weighted by Gasteiger charge is 1.97. The van der Waals surface area contributed by atoms with Gasteiger partial charge >= 0.3 is 0 Å². The number of halogens is 1. The van der Waals surface area contributed by atoms with Crippen molar-refractivity contribution in [3.8, 4) is 0 Å². The van der Waals surface area contributed by atoms with Crippen LogP contribution in [0, 0.1) is 5.41 Å². The summed E-state index contributed by atoms with van der Waals surface area (Å²) < 4.78 is 0.0140. The highest BCUT2D eigenvalue weighted by molar-refractivity contribution is 14.1. The summed E-state index contributed by atoms with van der Waals surface area (Å²) in [5, 5.41) is 8.97. The van der Waals surface area contributed by atoms with Gasteiger partial charge in [0.05, 0.1) is 0 Å². The summed E-state index contributed by atoms with van der Waals surface area (Å²) in [5.41, 5.74) is 0. The lowest BCUT2D eigenvalue weighted by atomic mass is 10.7. The van der Waals surface area contributed by atoms with Crippen LogP contribution in [-0.2, 0) is 4.79 Å². The van der Waals surface area contributed by atoms with Crippen LogP contribution in [0.2, 0.25) is 0 Å². The van der Waals surface area contributed by atoms with Crippen molar-refractivity contribution in [2.24, 2.45) is 0 Å². The van der Waals surface area contributed by atoms with Crippen molar-refractivity contribution in [2.45, 2.75) is 0 Å². The summed E-state index contributed by atoms with van der Waals surface area (Å²) in [6.45, 7) is 0. The molecule has 2 N–H and O–H groups in total. The van der Waals surface area contributed by atoms with E-state index in [0.717, 1.165) is 0 Å². The van der Waals surface area contributed by atoms with Crippen molar-refractivity contribution in [3.05, 3.63) is 0 Å². The highest BCUT2D eigenvalue weighted by Crippen LogP contribution is 1.82. The molecule has 40 valence electrons. The van der Waals surface area contributed by atoms with Crippen molar-refractivity contribution >= 4 is 32.2 Å². The van der Waals surface area contributed by atoms with Crippen LogP contribution >= 0.6 is 22.6 Å². The number of carbonyl (C=O) groups excluding carboxylic acids is 1. The third-order valence-corrected chi connectivity index (χ3v) is 0.916. The van der Waals surface area contributed by atoms with Gasteiger partial charge in [0.25, 0.3) is 5.91 Å². The zero-order valence-electron chi connectivity index (χ0n) is 3.79. The average molecular weight is 212 g/mol. The van der Waals surface area contributed by atoms with Crippen molar-refractivity contribution in [3.63, 3.8) is 0 Å². The SMILES string of the molecule is CNC(=O)C(=N)I. The van der Waals surface area contributed by atoms with Crippen LogP contribution in [0.1, 0.15) is 0 Å². The molecule has 4 heteroatoms. The van der Waals surface area contributed by atoms with Crippen LogP contribution in [0.4, 0.5) is 0 Å². The number of hydrogen-bond acceptors (Lipinski definition) is 2. The molecule has 0 aliphatic carbocycles. The van der Waals surface area contributed by atoms with E-state index >= 15 is 0 Å². The van der Waals surface area contributed by atoms with Crippen LogP contribution < -0.4 is 5.32 Å². The van der Waals surface area contributed by atoms with Crippen molar-refractivity contribution in [1.29, 1.82) is 5.41 Å². The molecule has 0 fully saturated rings. The lowest BCUT2D eigenvalue weighted by Gasteiger charge is -1.88. The van der Waals surface area contributed by atoms with Crippen LogP contribution in [0.15, 0.2) is 0 Å². The number of nitrogens with one attached hydrogen (secondary N) is 2. The molecule has 0 saturated carbocycles. The molecule has 1 amide bonds. The van der Waals surface area contributed by atoms with E-state index in [9.17, 15) is 4.79 Å². The van der Waals surface area contributed by atoms with Gasteiger partial charge in [0.2, 0.25) is 0 Å². The minimum atomic E-state index is -0.333. The molecule has 0 unspecified atom stereocenters. The Morgan fingerprint density at radius 3 is 2.29 bits per heavy atom. The van der Waals surface area contributed by atoms with Crippen LogP contribution in [-0.4, -0.2) is 16.7 Å². The Morgan fingerprint density at radius 1 is 1.86 bits per heavy atom. The smallest absolute Gasteiger partial charge is 0.275 e.